The molecule has 0 aliphatic heterocycles. The van der Waals surface area contributed by atoms with Gasteiger partial charge in [0.15, 0.2) is 0 Å². The molecule has 3 aromatic rings. The zero-order chi connectivity index (χ0) is 15.7. The molecule has 0 spiro atoms. The summed E-state index contributed by atoms with van der Waals surface area (Å²) < 4.78 is 0. The first-order valence-electron chi connectivity index (χ1n) is 6.44. The number of nitrogens with zero attached hydrogens (tertiary/aromatic N) is 4. The van der Waals surface area contributed by atoms with Gasteiger partial charge in [0.05, 0.1) is 28.1 Å². The topological polar surface area (TPSA) is 103 Å². The molecule has 9 heteroatoms. The number of hydrogen-bond acceptors (Lipinski definition) is 5. The molecule has 0 saturated carbocycles. The van der Waals surface area contributed by atoms with Crippen molar-refractivity contribution in [2.45, 2.75) is 18.4 Å². The molecule has 2 atom stereocenters. The lowest BCUT2D eigenvalue weighted by molar-refractivity contribution is 0.0496. The highest BCUT2D eigenvalue weighted by Gasteiger charge is 2.43. The van der Waals surface area contributed by atoms with Crippen LogP contribution in [0.4, 0.5) is 0 Å². The molecular formula is C13H12Cl2N6O. The summed E-state index contributed by atoms with van der Waals surface area (Å²) in [6.07, 6.45) is 2.97. The van der Waals surface area contributed by atoms with Crippen molar-refractivity contribution in [3.63, 3.8) is 0 Å². The standard InChI is InChI=1S/C13H12Cl2N6O/c1-7(10-5-16-20-18-10)13(22,11-6-17-21-19-11)8-3-2-4-9(14)12(8)15/h2-7,22H,1H3,(H,16,18,20)(H,17,19,21). The molecule has 0 amide bonds. The van der Waals surface area contributed by atoms with E-state index in [1.807, 2.05) is 0 Å². The van der Waals surface area contributed by atoms with Crippen LogP contribution in [-0.2, 0) is 5.60 Å². The van der Waals surface area contributed by atoms with Gasteiger partial charge in [-0.1, -0.05) is 42.3 Å². The van der Waals surface area contributed by atoms with E-state index in [0.717, 1.165) is 0 Å². The summed E-state index contributed by atoms with van der Waals surface area (Å²) in [7, 11) is 0. The van der Waals surface area contributed by atoms with Crippen LogP contribution in [0.3, 0.4) is 0 Å². The van der Waals surface area contributed by atoms with E-state index in [9.17, 15) is 5.11 Å². The summed E-state index contributed by atoms with van der Waals surface area (Å²) in [5, 5.41) is 32.7. The number of hydrogen-bond donors (Lipinski definition) is 3. The summed E-state index contributed by atoms with van der Waals surface area (Å²) >= 11 is 12.4. The number of aromatic amines is 2. The second kappa shape index (κ2) is 5.68. The van der Waals surface area contributed by atoms with E-state index in [-0.39, 0.29) is 5.02 Å². The molecule has 3 N–H and O–H groups in total. The number of aromatic nitrogens is 6. The van der Waals surface area contributed by atoms with Gasteiger partial charge in [-0.15, -0.1) is 0 Å². The van der Waals surface area contributed by atoms with Gasteiger partial charge < -0.3 is 5.11 Å². The zero-order valence-electron chi connectivity index (χ0n) is 11.5. The third kappa shape index (κ3) is 2.27. The Morgan fingerprint density at radius 3 is 2.50 bits per heavy atom. The van der Waals surface area contributed by atoms with Crippen LogP contribution in [0.25, 0.3) is 0 Å². The molecule has 1 aromatic carbocycles. The van der Waals surface area contributed by atoms with Gasteiger partial charge in [0, 0.05) is 11.5 Å². The van der Waals surface area contributed by atoms with Crippen LogP contribution in [0.15, 0.2) is 30.6 Å². The maximum absolute atomic E-state index is 11.4. The third-order valence-electron chi connectivity index (χ3n) is 3.67. The average Bonchev–Trinajstić information content (AvgIpc) is 3.21. The molecule has 0 aliphatic carbocycles. The Hall–Kier alpha value is -1.96. The quantitative estimate of drug-likeness (QED) is 0.676. The highest BCUT2D eigenvalue weighted by Crippen LogP contribution is 2.44. The van der Waals surface area contributed by atoms with E-state index < -0.39 is 11.5 Å². The lowest BCUT2D eigenvalue weighted by Crippen LogP contribution is -2.34. The normalized spacial score (nSPS) is 15.5. The molecule has 114 valence electrons. The van der Waals surface area contributed by atoms with Crippen molar-refractivity contribution in [3.8, 4) is 0 Å². The fourth-order valence-electron chi connectivity index (χ4n) is 2.41. The SMILES string of the molecule is CC(c1cn[nH]n1)C(O)(c1cn[nH]n1)c1cccc(Cl)c1Cl. The van der Waals surface area contributed by atoms with Gasteiger partial charge in [-0.05, 0) is 6.07 Å². The molecule has 2 unspecified atom stereocenters. The van der Waals surface area contributed by atoms with Crippen LogP contribution in [-0.4, -0.2) is 35.9 Å². The molecule has 0 radical (unpaired) electrons. The minimum atomic E-state index is -1.56. The second-order valence-corrected chi connectivity index (χ2v) is 5.62. The van der Waals surface area contributed by atoms with E-state index in [0.29, 0.717) is 22.0 Å². The van der Waals surface area contributed by atoms with E-state index >= 15 is 0 Å². The van der Waals surface area contributed by atoms with Crippen LogP contribution in [0.5, 0.6) is 0 Å². The Kier molecular flexibility index (Phi) is 3.86. The smallest absolute Gasteiger partial charge is 0.145 e. The molecule has 2 aromatic heterocycles. The lowest BCUT2D eigenvalue weighted by Gasteiger charge is -2.32. The molecule has 0 aliphatic rings. The predicted molar refractivity (Wildman–Crippen MR) is 80.6 cm³/mol. The predicted octanol–water partition coefficient (Wildman–Crippen LogP) is 2.27. The summed E-state index contributed by atoms with van der Waals surface area (Å²) in [6.45, 7) is 1.80. The van der Waals surface area contributed by atoms with Crippen molar-refractivity contribution in [3.05, 3.63) is 57.6 Å². The van der Waals surface area contributed by atoms with Crippen LogP contribution >= 0.6 is 23.2 Å². The van der Waals surface area contributed by atoms with Crippen LogP contribution < -0.4 is 0 Å². The second-order valence-electron chi connectivity index (χ2n) is 4.84. The largest absolute Gasteiger partial charge is 0.378 e. The van der Waals surface area contributed by atoms with Gasteiger partial charge in [0.1, 0.15) is 11.3 Å². The minimum Gasteiger partial charge on any atom is -0.378 e. The molecular weight excluding hydrogens is 327 g/mol. The van der Waals surface area contributed by atoms with Crippen molar-refractivity contribution < 1.29 is 5.11 Å². The highest BCUT2D eigenvalue weighted by molar-refractivity contribution is 6.42. The first kappa shape index (κ1) is 15.0. The fraction of sp³-hybridized carbons (Fsp3) is 0.231. The molecule has 0 saturated heterocycles. The van der Waals surface area contributed by atoms with Gasteiger partial charge in [-0.2, -0.15) is 30.8 Å². The van der Waals surface area contributed by atoms with Crippen molar-refractivity contribution in [1.29, 1.82) is 0 Å². The van der Waals surface area contributed by atoms with Gasteiger partial charge >= 0.3 is 0 Å². The maximum atomic E-state index is 11.4. The summed E-state index contributed by atoms with van der Waals surface area (Å²) in [4.78, 5) is 0. The first-order valence-corrected chi connectivity index (χ1v) is 7.19. The first-order chi connectivity index (χ1) is 10.5. The molecule has 22 heavy (non-hydrogen) atoms. The van der Waals surface area contributed by atoms with Crippen molar-refractivity contribution in [2.75, 3.05) is 0 Å². The van der Waals surface area contributed by atoms with Crippen LogP contribution in [0.2, 0.25) is 10.0 Å². The monoisotopic (exact) mass is 338 g/mol. The number of H-pyrrole nitrogens is 2. The number of benzene rings is 1. The number of halogens is 2. The Morgan fingerprint density at radius 2 is 1.86 bits per heavy atom. The molecule has 3 rings (SSSR count). The molecule has 0 fully saturated rings. The number of nitrogens with one attached hydrogen (secondary N) is 2. The van der Waals surface area contributed by atoms with E-state index in [1.165, 1.54) is 12.4 Å². The van der Waals surface area contributed by atoms with Crippen LogP contribution in [0.1, 0.15) is 29.8 Å². The Bertz CT molecular complexity index is 761. The van der Waals surface area contributed by atoms with E-state index in [4.69, 9.17) is 23.2 Å². The third-order valence-corrected chi connectivity index (χ3v) is 4.49. The Labute approximate surface area is 135 Å². The van der Waals surface area contributed by atoms with Crippen molar-refractivity contribution in [2.24, 2.45) is 0 Å². The van der Waals surface area contributed by atoms with E-state index in [2.05, 4.69) is 30.8 Å². The highest BCUT2D eigenvalue weighted by atomic mass is 35.5. The molecule has 7 nitrogen and oxygen atoms in total. The summed E-state index contributed by atoms with van der Waals surface area (Å²) in [5.41, 5.74) is -0.272. The lowest BCUT2D eigenvalue weighted by atomic mass is 9.78. The number of rotatable bonds is 4. The molecule has 2 heterocycles. The van der Waals surface area contributed by atoms with E-state index in [1.54, 1.807) is 25.1 Å². The average molecular weight is 339 g/mol. The Morgan fingerprint density at radius 1 is 1.14 bits per heavy atom. The zero-order valence-corrected chi connectivity index (χ0v) is 13.0. The summed E-state index contributed by atoms with van der Waals surface area (Å²) in [5.74, 6) is -0.493. The van der Waals surface area contributed by atoms with Crippen molar-refractivity contribution >= 4 is 23.2 Å². The van der Waals surface area contributed by atoms with Gasteiger partial charge in [0.2, 0.25) is 0 Å². The van der Waals surface area contributed by atoms with Gasteiger partial charge in [-0.3, -0.25) is 0 Å². The van der Waals surface area contributed by atoms with Gasteiger partial charge in [0.25, 0.3) is 0 Å². The number of aliphatic hydroxyl groups is 1. The van der Waals surface area contributed by atoms with Gasteiger partial charge in [-0.25, -0.2) is 0 Å². The Balaban J connectivity index is 2.22. The molecule has 0 bridgehead atoms. The fourth-order valence-corrected chi connectivity index (χ4v) is 2.85. The minimum absolute atomic E-state index is 0.255. The maximum Gasteiger partial charge on any atom is 0.145 e. The summed E-state index contributed by atoms with van der Waals surface area (Å²) in [6, 6.07) is 5.06. The van der Waals surface area contributed by atoms with Crippen molar-refractivity contribution in [1.82, 2.24) is 30.8 Å². The van der Waals surface area contributed by atoms with Crippen LogP contribution in [0, 0.1) is 0 Å².